The highest BCUT2D eigenvalue weighted by molar-refractivity contribution is 7.25. The zero-order valence-electron chi connectivity index (χ0n) is 23.4. The largest absolute Gasteiger partial charge is 0.355 e. The van der Waals surface area contributed by atoms with Crippen molar-refractivity contribution in [2.24, 2.45) is 0 Å². The van der Waals surface area contributed by atoms with Crippen LogP contribution < -0.4 is 5.32 Å². The van der Waals surface area contributed by atoms with Gasteiger partial charge in [0.15, 0.2) is 0 Å². The molecule has 0 bridgehead atoms. The van der Waals surface area contributed by atoms with E-state index in [0.29, 0.717) is 0 Å². The van der Waals surface area contributed by atoms with Crippen LogP contribution in [0.5, 0.6) is 0 Å². The summed E-state index contributed by atoms with van der Waals surface area (Å²) in [5.74, 6) is 0. The summed E-state index contributed by atoms with van der Waals surface area (Å²) in [6.45, 7) is 0. The molecular weight excluding hydrogens is 539 g/mol. The van der Waals surface area contributed by atoms with Crippen LogP contribution in [0.4, 0.5) is 11.4 Å². The fourth-order valence-electron chi connectivity index (χ4n) is 7.25. The van der Waals surface area contributed by atoms with Gasteiger partial charge in [0, 0.05) is 31.5 Å². The van der Waals surface area contributed by atoms with Crippen molar-refractivity contribution < 1.29 is 0 Å². The molecule has 0 spiro atoms. The number of hydrogen-bond donors (Lipinski definition) is 1. The normalized spacial score (nSPS) is 13.3. The smallest absolute Gasteiger partial charge is 0.0714 e. The minimum absolute atomic E-state index is 0.402. The fraction of sp³-hybridized carbons (Fsp3) is 0.0244. The molecule has 0 unspecified atom stereocenters. The van der Waals surface area contributed by atoms with Crippen molar-refractivity contribution in [1.29, 1.82) is 0 Å². The number of hydrogen-bond acceptors (Lipinski definition) is 2. The molecule has 7 aromatic carbocycles. The monoisotopic (exact) mass is 565 g/mol. The van der Waals surface area contributed by atoms with Gasteiger partial charge in [-0.2, -0.15) is 0 Å². The predicted molar refractivity (Wildman–Crippen MR) is 184 cm³/mol. The van der Waals surface area contributed by atoms with E-state index in [2.05, 4.69) is 163 Å². The Morgan fingerprint density at radius 1 is 0.419 bits per heavy atom. The first-order valence-electron chi connectivity index (χ1n) is 14.8. The van der Waals surface area contributed by atoms with Crippen LogP contribution in [0.1, 0.15) is 22.3 Å². The second-order valence-electron chi connectivity index (χ2n) is 11.4. The molecule has 0 saturated carbocycles. The molecule has 2 heteroatoms. The SMILES string of the molecule is c1ccc(C2(c3cccc(Nc4ccc5sc6cc7ccccc7cc6c5c4)c3)c3ccccc3-c3ccccc32)cc1. The van der Waals surface area contributed by atoms with E-state index in [0.717, 1.165) is 11.4 Å². The Kier molecular flexibility index (Phi) is 5.35. The van der Waals surface area contributed by atoms with Gasteiger partial charge in [0.05, 0.1) is 5.41 Å². The zero-order chi connectivity index (χ0) is 28.4. The maximum absolute atomic E-state index is 3.77. The van der Waals surface area contributed by atoms with Crippen molar-refractivity contribution >= 4 is 53.7 Å². The van der Waals surface area contributed by atoms with Crippen molar-refractivity contribution in [1.82, 2.24) is 0 Å². The van der Waals surface area contributed by atoms with Crippen LogP contribution in [0.3, 0.4) is 0 Å². The van der Waals surface area contributed by atoms with Crippen molar-refractivity contribution in [3.63, 3.8) is 0 Å². The van der Waals surface area contributed by atoms with Gasteiger partial charge in [-0.15, -0.1) is 11.3 Å². The van der Waals surface area contributed by atoms with E-state index in [-0.39, 0.29) is 0 Å². The lowest BCUT2D eigenvalue weighted by Gasteiger charge is -2.34. The molecule has 0 aliphatic heterocycles. The van der Waals surface area contributed by atoms with Crippen LogP contribution in [-0.4, -0.2) is 0 Å². The third-order valence-corrected chi connectivity index (χ3v) is 10.2. The van der Waals surface area contributed by atoms with Gasteiger partial charge in [-0.3, -0.25) is 0 Å². The Hall–Kier alpha value is -5.18. The summed E-state index contributed by atoms with van der Waals surface area (Å²) in [5.41, 5.74) is 9.59. The molecule has 0 radical (unpaired) electrons. The summed E-state index contributed by atoms with van der Waals surface area (Å²) >= 11 is 1.87. The quantitative estimate of drug-likeness (QED) is 0.224. The van der Waals surface area contributed by atoms with E-state index < -0.39 is 5.41 Å². The van der Waals surface area contributed by atoms with Gasteiger partial charge >= 0.3 is 0 Å². The molecule has 0 atom stereocenters. The number of nitrogens with one attached hydrogen (secondary N) is 1. The maximum atomic E-state index is 3.77. The summed E-state index contributed by atoms with van der Waals surface area (Å²) in [4.78, 5) is 0. The molecule has 43 heavy (non-hydrogen) atoms. The molecule has 1 N–H and O–H groups in total. The lowest BCUT2D eigenvalue weighted by atomic mass is 9.67. The van der Waals surface area contributed by atoms with Crippen LogP contribution in [0, 0.1) is 0 Å². The minimum atomic E-state index is -0.402. The van der Waals surface area contributed by atoms with E-state index in [9.17, 15) is 0 Å². The topological polar surface area (TPSA) is 12.0 Å². The average molecular weight is 566 g/mol. The van der Waals surface area contributed by atoms with Crippen molar-refractivity contribution in [2.75, 3.05) is 5.32 Å². The first kappa shape index (κ1) is 24.4. The maximum Gasteiger partial charge on any atom is 0.0714 e. The Morgan fingerprint density at radius 2 is 1.02 bits per heavy atom. The number of rotatable bonds is 4. The summed E-state index contributed by atoms with van der Waals surface area (Å²) in [6.07, 6.45) is 0. The van der Waals surface area contributed by atoms with Crippen LogP contribution in [0.15, 0.2) is 158 Å². The molecule has 0 amide bonds. The lowest BCUT2D eigenvalue weighted by molar-refractivity contribution is 0.769. The van der Waals surface area contributed by atoms with Crippen molar-refractivity contribution in [3.05, 3.63) is 180 Å². The van der Waals surface area contributed by atoms with Crippen LogP contribution >= 0.6 is 11.3 Å². The number of benzene rings is 7. The second-order valence-corrected chi connectivity index (χ2v) is 12.5. The molecule has 1 aliphatic carbocycles. The van der Waals surface area contributed by atoms with Gasteiger partial charge in [0.2, 0.25) is 0 Å². The fourth-order valence-corrected chi connectivity index (χ4v) is 8.37. The number of fused-ring (bicyclic) bond motifs is 7. The van der Waals surface area contributed by atoms with Gasteiger partial charge in [0.1, 0.15) is 0 Å². The molecule has 9 rings (SSSR count). The Balaban J connectivity index is 1.19. The zero-order valence-corrected chi connectivity index (χ0v) is 24.2. The number of thiophene rings is 1. The molecule has 0 fully saturated rings. The van der Waals surface area contributed by atoms with E-state index in [4.69, 9.17) is 0 Å². The third kappa shape index (κ3) is 3.64. The lowest BCUT2D eigenvalue weighted by Crippen LogP contribution is -2.28. The average Bonchev–Trinajstić information content (AvgIpc) is 3.57. The van der Waals surface area contributed by atoms with Crippen molar-refractivity contribution in [2.45, 2.75) is 5.41 Å². The number of anilines is 2. The second kappa shape index (κ2) is 9.42. The molecule has 1 heterocycles. The molecule has 0 saturated heterocycles. The highest BCUT2D eigenvalue weighted by Crippen LogP contribution is 2.56. The van der Waals surface area contributed by atoms with Crippen molar-refractivity contribution in [3.8, 4) is 11.1 Å². The van der Waals surface area contributed by atoms with Gasteiger partial charge in [-0.25, -0.2) is 0 Å². The minimum Gasteiger partial charge on any atom is -0.355 e. The van der Waals surface area contributed by atoms with Crippen LogP contribution in [0.2, 0.25) is 0 Å². The molecular formula is C41H27NS. The molecule has 1 nitrogen and oxygen atoms in total. The van der Waals surface area contributed by atoms with Gasteiger partial charge in [-0.05, 0) is 86.6 Å². The van der Waals surface area contributed by atoms with E-state index in [1.54, 1.807) is 0 Å². The highest BCUT2D eigenvalue weighted by Gasteiger charge is 2.45. The summed E-state index contributed by atoms with van der Waals surface area (Å²) in [5, 5.41) is 8.96. The third-order valence-electron chi connectivity index (χ3n) is 9.08. The summed E-state index contributed by atoms with van der Waals surface area (Å²) in [6, 6.07) is 57.9. The van der Waals surface area contributed by atoms with E-state index in [1.807, 2.05) is 11.3 Å². The van der Waals surface area contributed by atoms with E-state index in [1.165, 1.54) is 64.3 Å². The standard InChI is InChI=1S/C41H27NS/c1-2-13-29(14-3-1)41(37-19-8-6-17-33(37)34-18-7-9-20-38(34)41)30-15-10-16-31(25-30)42-32-21-22-39-36(26-32)35-23-27-11-4-5-12-28(27)24-40(35)43-39/h1-26,42H. The van der Waals surface area contributed by atoms with Gasteiger partial charge in [0.25, 0.3) is 0 Å². The Morgan fingerprint density at radius 3 is 1.79 bits per heavy atom. The first-order valence-corrected chi connectivity index (χ1v) is 15.6. The van der Waals surface area contributed by atoms with E-state index >= 15 is 0 Å². The Labute approximate surface area is 254 Å². The van der Waals surface area contributed by atoms with Crippen LogP contribution in [-0.2, 0) is 5.41 Å². The molecule has 1 aliphatic rings. The summed E-state index contributed by atoms with van der Waals surface area (Å²) < 4.78 is 2.64. The molecule has 1 aromatic heterocycles. The Bertz CT molecular complexity index is 2280. The highest BCUT2D eigenvalue weighted by atomic mass is 32.1. The predicted octanol–water partition coefficient (Wildman–Crippen LogP) is 11.3. The molecule has 202 valence electrons. The summed E-state index contributed by atoms with van der Waals surface area (Å²) in [7, 11) is 0. The van der Waals surface area contributed by atoms with Crippen LogP contribution in [0.25, 0.3) is 42.1 Å². The van der Waals surface area contributed by atoms with Gasteiger partial charge in [-0.1, -0.05) is 115 Å². The molecule has 8 aromatic rings. The first-order chi connectivity index (χ1) is 21.3. The van der Waals surface area contributed by atoms with Gasteiger partial charge < -0.3 is 5.32 Å².